The molecule has 1 saturated heterocycles. The predicted octanol–water partition coefficient (Wildman–Crippen LogP) is 4.34. The molecular weight excluding hydrogens is 440 g/mol. The van der Waals surface area contributed by atoms with Crippen LogP contribution in [-0.4, -0.2) is 26.4 Å². The second-order valence-corrected chi connectivity index (χ2v) is 8.17. The standard InChI is InChI=1S/C24H20N4O4S/c1-15(2)16-5-7-18(8-6-16)27-23(30)21(22(29)25-24(27)33)14-20-4-3-13-26(20)17-9-11-19(12-10-17)28(31)32/h3-15H,1-2H3,(H,25,29,33)/b21-14+. The third-order valence-corrected chi connectivity index (χ3v) is 5.62. The predicted molar refractivity (Wildman–Crippen MR) is 129 cm³/mol. The topological polar surface area (TPSA) is 97.5 Å². The minimum atomic E-state index is -0.587. The van der Waals surface area contributed by atoms with E-state index in [0.29, 0.717) is 23.0 Å². The molecule has 1 aliphatic heterocycles. The first-order valence-electron chi connectivity index (χ1n) is 10.2. The third kappa shape index (κ3) is 4.31. The Morgan fingerprint density at radius 1 is 1.00 bits per heavy atom. The first-order chi connectivity index (χ1) is 15.8. The molecule has 2 aromatic carbocycles. The van der Waals surface area contributed by atoms with E-state index in [1.165, 1.54) is 23.1 Å². The molecule has 2 amide bonds. The van der Waals surface area contributed by atoms with Crippen LogP contribution < -0.4 is 10.2 Å². The van der Waals surface area contributed by atoms with Crippen LogP contribution in [0.1, 0.15) is 31.0 Å². The number of nitro groups is 1. The van der Waals surface area contributed by atoms with Crippen molar-refractivity contribution >= 4 is 46.6 Å². The number of thiocarbonyl (C=S) groups is 1. The van der Waals surface area contributed by atoms with Crippen LogP contribution in [0.4, 0.5) is 11.4 Å². The number of anilines is 1. The summed E-state index contributed by atoms with van der Waals surface area (Å²) in [7, 11) is 0. The first-order valence-corrected chi connectivity index (χ1v) is 10.6. The van der Waals surface area contributed by atoms with Crippen molar-refractivity contribution in [3.05, 3.63) is 93.8 Å². The van der Waals surface area contributed by atoms with Crippen molar-refractivity contribution in [2.24, 2.45) is 0 Å². The second kappa shape index (κ2) is 8.79. The van der Waals surface area contributed by atoms with Crippen LogP contribution in [0.3, 0.4) is 0 Å². The van der Waals surface area contributed by atoms with Crippen molar-refractivity contribution in [3.63, 3.8) is 0 Å². The fourth-order valence-electron chi connectivity index (χ4n) is 3.53. The summed E-state index contributed by atoms with van der Waals surface area (Å²) in [5.41, 5.74) is 2.79. The minimum absolute atomic E-state index is 0.0187. The Kier molecular flexibility index (Phi) is 5.89. The molecule has 2 heterocycles. The Morgan fingerprint density at radius 3 is 2.24 bits per heavy atom. The highest BCUT2D eigenvalue weighted by Gasteiger charge is 2.34. The van der Waals surface area contributed by atoms with Gasteiger partial charge in [0.2, 0.25) is 0 Å². The molecule has 1 aromatic heterocycles. The molecule has 8 nitrogen and oxygen atoms in total. The Hall–Kier alpha value is -4.11. The van der Waals surface area contributed by atoms with Gasteiger partial charge in [0.1, 0.15) is 5.57 Å². The summed E-state index contributed by atoms with van der Waals surface area (Å²) in [6, 6.07) is 16.9. The number of nitrogens with zero attached hydrogens (tertiary/aromatic N) is 3. The smallest absolute Gasteiger partial charge is 0.270 e. The highest BCUT2D eigenvalue weighted by molar-refractivity contribution is 7.80. The molecule has 0 bridgehead atoms. The van der Waals surface area contributed by atoms with Crippen LogP contribution in [0.2, 0.25) is 0 Å². The minimum Gasteiger partial charge on any atom is -0.317 e. The normalized spacial score (nSPS) is 15.3. The zero-order valence-electron chi connectivity index (χ0n) is 17.9. The Labute approximate surface area is 195 Å². The molecule has 0 aliphatic carbocycles. The maximum Gasteiger partial charge on any atom is 0.270 e. The lowest BCUT2D eigenvalue weighted by Gasteiger charge is -2.29. The molecule has 166 valence electrons. The number of carbonyl (C=O) groups is 2. The maximum absolute atomic E-state index is 13.3. The van der Waals surface area contributed by atoms with E-state index in [2.05, 4.69) is 19.2 Å². The lowest BCUT2D eigenvalue weighted by atomic mass is 10.0. The van der Waals surface area contributed by atoms with Gasteiger partial charge in [0.05, 0.1) is 10.6 Å². The molecule has 0 unspecified atom stereocenters. The molecule has 0 spiro atoms. The summed E-state index contributed by atoms with van der Waals surface area (Å²) in [6.07, 6.45) is 3.22. The number of aromatic nitrogens is 1. The van der Waals surface area contributed by atoms with E-state index in [1.54, 1.807) is 47.2 Å². The van der Waals surface area contributed by atoms with Gasteiger partial charge in [-0.3, -0.25) is 29.9 Å². The van der Waals surface area contributed by atoms with Gasteiger partial charge in [-0.25, -0.2) is 0 Å². The van der Waals surface area contributed by atoms with Gasteiger partial charge in [0, 0.05) is 29.7 Å². The van der Waals surface area contributed by atoms with Gasteiger partial charge >= 0.3 is 0 Å². The number of amides is 2. The van der Waals surface area contributed by atoms with Gasteiger partial charge in [-0.1, -0.05) is 26.0 Å². The molecule has 4 rings (SSSR count). The quantitative estimate of drug-likeness (QED) is 0.201. The van der Waals surface area contributed by atoms with Crippen molar-refractivity contribution < 1.29 is 14.5 Å². The van der Waals surface area contributed by atoms with Gasteiger partial charge in [0.15, 0.2) is 5.11 Å². The molecular formula is C24H20N4O4S. The summed E-state index contributed by atoms with van der Waals surface area (Å²) in [5.74, 6) is -0.778. The Bertz CT molecular complexity index is 1290. The molecule has 3 aromatic rings. The number of benzene rings is 2. The van der Waals surface area contributed by atoms with Crippen LogP contribution in [0.15, 0.2) is 72.4 Å². The van der Waals surface area contributed by atoms with E-state index >= 15 is 0 Å². The van der Waals surface area contributed by atoms with E-state index in [0.717, 1.165) is 5.56 Å². The molecule has 0 atom stereocenters. The lowest BCUT2D eigenvalue weighted by Crippen LogP contribution is -2.54. The third-order valence-electron chi connectivity index (χ3n) is 5.33. The number of hydrogen-bond acceptors (Lipinski definition) is 5. The SMILES string of the molecule is CC(C)c1ccc(N2C(=O)/C(=C/c3cccn3-c3ccc([N+](=O)[O-])cc3)C(=O)NC2=S)cc1. The second-order valence-electron chi connectivity index (χ2n) is 7.78. The number of carbonyl (C=O) groups excluding carboxylic acids is 2. The Morgan fingerprint density at radius 2 is 1.64 bits per heavy atom. The van der Waals surface area contributed by atoms with Crippen LogP contribution >= 0.6 is 12.2 Å². The van der Waals surface area contributed by atoms with Gasteiger partial charge in [0.25, 0.3) is 17.5 Å². The van der Waals surface area contributed by atoms with Crippen LogP contribution in [0, 0.1) is 10.1 Å². The largest absolute Gasteiger partial charge is 0.317 e. The fourth-order valence-corrected chi connectivity index (χ4v) is 3.81. The van der Waals surface area contributed by atoms with E-state index < -0.39 is 16.7 Å². The average molecular weight is 461 g/mol. The zero-order valence-corrected chi connectivity index (χ0v) is 18.7. The molecule has 9 heteroatoms. The zero-order chi connectivity index (χ0) is 23.7. The summed E-state index contributed by atoms with van der Waals surface area (Å²) in [4.78, 5) is 37.7. The number of nitro benzene ring substituents is 1. The number of rotatable bonds is 5. The summed E-state index contributed by atoms with van der Waals surface area (Å²) in [6.45, 7) is 4.15. The van der Waals surface area contributed by atoms with E-state index in [1.807, 2.05) is 12.1 Å². The van der Waals surface area contributed by atoms with Crippen LogP contribution in [-0.2, 0) is 9.59 Å². The van der Waals surface area contributed by atoms with Gasteiger partial charge < -0.3 is 4.57 Å². The highest BCUT2D eigenvalue weighted by atomic mass is 32.1. The number of non-ortho nitro benzene ring substituents is 1. The molecule has 1 aliphatic rings. The van der Waals surface area contributed by atoms with Gasteiger partial charge in [-0.05, 0) is 66.2 Å². The summed E-state index contributed by atoms with van der Waals surface area (Å²) >= 11 is 5.27. The van der Waals surface area contributed by atoms with E-state index in [9.17, 15) is 19.7 Å². The highest BCUT2D eigenvalue weighted by Crippen LogP contribution is 2.25. The van der Waals surface area contributed by atoms with Crippen LogP contribution in [0.5, 0.6) is 0 Å². The first kappa shape index (κ1) is 22.1. The maximum atomic E-state index is 13.3. The van der Waals surface area contributed by atoms with E-state index in [-0.39, 0.29) is 16.4 Å². The van der Waals surface area contributed by atoms with Crippen molar-refractivity contribution in [3.8, 4) is 5.69 Å². The lowest BCUT2D eigenvalue weighted by molar-refractivity contribution is -0.384. The van der Waals surface area contributed by atoms with Crippen molar-refractivity contribution in [1.29, 1.82) is 0 Å². The van der Waals surface area contributed by atoms with Crippen LogP contribution in [0.25, 0.3) is 11.8 Å². The number of hydrogen-bond donors (Lipinski definition) is 1. The van der Waals surface area contributed by atoms with Crippen molar-refractivity contribution in [2.75, 3.05) is 4.90 Å². The monoisotopic (exact) mass is 460 g/mol. The summed E-state index contributed by atoms with van der Waals surface area (Å²) < 4.78 is 1.73. The molecule has 33 heavy (non-hydrogen) atoms. The fraction of sp³-hybridized carbons (Fsp3) is 0.125. The average Bonchev–Trinajstić information content (AvgIpc) is 3.25. The van der Waals surface area contributed by atoms with Gasteiger partial charge in [-0.2, -0.15) is 0 Å². The van der Waals surface area contributed by atoms with Crippen molar-refractivity contribution in [1.82, 2.24) is 9.88 Å². The molecule has 1 fully saturated rings. The molecule has 1 N–H and O–H groups in total. The van der Waals surface area contributed by atoms with Crippen molar-refractivity contribution in [2.45, 2.75) is 19.8 Å². The molecule has 0 saturated carbocycles. The Balaban J connectivity index is 1.69. The van der Waals surface area contributed by atoms with Gasteiger partial charge in [-0.15, -0.1) is 0 Å². The molecule has 0 radical (unpaired) electrons. The number of nitrogens with one attached hydrogen (secondary N) is 1. The van der Waals surface area contributed by atoms with E-state index in [4.69, 9.17) is 12.2 Å². The summed E-state index contributed by atoms with van der Waals surface area (Å²) in [5, 5.41) is 13.5.